The molecule has 1 heterocycles. The Morgan fingerprint density at radius 1 is 1.29 bits per heavy atom. The minimum absolute atomic E-state index is 0.121. The maximum Gasteiger partial charge on any atom is 0.341 e. The molecule has 3 rings (SSSR count). The Balaban J connectivity index is 1.58. The highest BCUT2D eigenvalue weighted by atomic mass is 32.2. The average molecular weight is 353 g/mol. The number of carboxylic acids is 1. The highest BCUT2D eigenvalue weighted by Crippen LogP contribution is 2.60. The lowest BCUT2D eigenvalue weighted by molar-refractivity contribution is -0.139. The summed E-state index contributed by atoms with van der Waals surface area (Å²) in [5, 5.41) is 11.4. The predicted molar refractivity (Wildman–Crippen MR) is 86.6 cm³/mol. The average Bonchev–Trinajstić information content (AvgIpc) is 3.24. The van der Waals surface area contributed by atoms with Gasteiger partial charge in [-0.3, -0.25) is 4.79 Å². The van der Waals surface area contributed by atoms with Crippen LogP contribution in [0.1, 0.15) is 19.3 Å². The van der Waals surface area contributed by atoms with Gasteiger partial charge in [-0.05, 0) is 36.8 Å². The monoisotopic (exact) mass is 353 g/mol. The van der Waals surface area contributed by atoms with Crippen LogP contribution in [0.4, 0.5) is 5.69 Å². The number of hydrogen-bond donors (Lipinski definition) is 2. The van der Waals surface area contributed by atoms with Crippen molar-refractivity contribution >= 4 is 27.4 Å². The van der Waals surface area contributed by atoms with Crippen LogP contribution in [0.2, 0.25) is 0 Å². The van der Waals surface area contributed by atoms with Crippen molar-refractivity contribution in [2.24, 2.45) is 11.3 Å². The first-order valence-corrected chi connectivity index (χ1v) is 9.58. The molecule has 1 saturated heterocycles. The van der Waals surface area contributed by atoms with Gasteiger partial charge >= 0.3 is 5.97 Å². The predicted octanol–water partition coefficient (Wildman–Crippen LogP) is 1.30. The smallest absolute Gasteiger partial charge is 0.341 e. The number of nitrogens with one attached hydrogen (secondary N) is 1. The third-order valence-electron chi connectivity index (χ3n) is 4.79. The fourth-order valence-corrected chi connectivity index (χ4v) is 4.89. The minimum Gasteiger partial charge on any atom is -0.482 e. The summed E-state index contributed by atoms with van der Waals surface area (Å²) in [6.45, 7) is -0.447. The van der Waals surface area contributed by atoms with Crippen molar-refractivity contribution in [3.05, 3.63) is 24.3 Å². The fourth-order valence-electron chi connectivity index (χ4n) is 3.25. The Morgan fingerprint density at radius 3 is 2.67 bits per heavy atom. The van der Waals surface area contributed by atoms with Crippen LogP contribution in [-0.4, -0.2) is 43.5 Å². The molecule has 8 heteroatoms. The molecule has 1 aliphatic carbocycles. The number of sulfone groups is 1. The summed E-state index contributed by atoms with van der Waals surface area (Å²) in [6, 6.07) is 6.55. The van der Waals surface area contributed by atoms with Crippen molar-refractivity contribution < 1.29 is 27.9 Å². The van der Waals surface area contributed by atoms with Gasteiger partial charge in [0.15, 0.2) is 6.61 Å². The summed E-state index contributed by atoms with van der Waals surface area (Å²) < 4.78 is 28.1. The Kier molecular flexibility index (Phi) is 4.25. The van der Waals surface area contributed by atoms with Crippen LogP contribution in [0.5, 0.6) is 5.75 Å². The van der Waals surface area contributed by atoms with Gasteiger partial charge in [0.05, 0.1) is 11.5 Å². The van der Waals surface area contributed by atoms with Crippen molar-refractivity contribution in [3.63, 3.8) is 0 Å². The van der Waals surface area contributed by atoms with E-state index in [-0.39, 0.29) is 28.7 Å². The molecule has 1 saturated carbocycles. The molecule has 1 atom stereocenters. The third kappa shape index (κ3) is 3.69. The first kappa shape index (κ1) is 16.8. The molecular formula is C16H19NO6S. The van der Waals surface area contributed by atoms with Crippen LogP contribution in [0, 0.1) is 11.3 Å². The number of anilines is 1. The van der Waals surface area contributed by atoms with E-state index in [4.69, 9.17) is 9.84 Å². The maximum atomic E-state index is 12.4. The number of rotatable bonds is 5. The van der Waals surface area contributed by atoms with E-state index in [2.05, 4.69) is 5.32 Å². The van der Waals surface area contributed by atoms with E-state index >= 15 is 0 Å². The molecule has 1 aromatic rings. The summed E-state index contributed by atoms with van der Waals surface area (Å²) in [5.41, 5.74) is 0.376. The minimum atomic E-state index is -2.94. The van der Waals surface area contributed by atoms with E-state index in [1.165, 1.54) is 0 Å². The van der Waals surface area contributed by atoms with Crippen molar-refractivity contribution in [3.8, 4) is 5.75 Å². The van der Waals surface area contributed by atoms with Gasteiger partial charge < -0.3 is 15.2 Å². The summed E-state index contributed by atoms with van der Waals surface area (Å²) in [5.74, 6) is -0.660. The SMILES string of the molecule is O=C(O)COc1cccc(NC(=O)C2CC23CCS(=O)(=O)CC3)c1. The molecule has 0 aromatic heterocycles. The van der Waals surface area contributed by atoms with Gasteiger partial charge in [0.1, 0.15) is 15.6 Å². The Morgan fingerprint density at radius 2 is 2.00 bits per heavy atom. The normalized spacial score (nSPS) is 23.4. The van der Waals surface area contributed by atoms with Gasteiger partial charge in [-0.1, -0.05) is 6.07 Å². The van der Waals surface area contributed by atoms with Gasteiger partial charge in [0.2, 0.25) is 5.91 Å². The number of carbonyl (C=O) groups excluding carboxylic acids is 1. The molecule has 2 N–H and O–H groups in total. The molecule has 1 aliphatic heterocycles. The molecule has 1 spiro atoms. The third-order valence-corrected chi connectivity index (χ3v) is 6.44. The van der Waals surface area contributed by atoms with Crippen LogP contribution < -0.4 is 10.1 Å². The molecule has 1 unspecified atom stereocenters. The molecule has 0 bridgehead atoms. The van der Waals surface area contributed by atoms with Crippen LogP contribution in [0.25, 0.3) is 0 Å². The first-order chi connectivity index (χ1) is 11.3. The molecular weight excluding hydrogens is 334 g/mol. The number of hydrogen-bond acceptors (Lipinski definition) is 5. The lowest BCUT2D eigenvalue weighted by atomic mass is 9.96. The number of carboxylic acid groups (broad SMARTS) is 1. The highest BCUT2D eigenvalue weighted by Gasteiger charge is 2.59. The first-order valence-electron chi connectivity index (χ1n) is 7.76. The summed E-state index contributed by atoms with van der Waals surface area (Å²) in [4.78, 5) is 22.9. The summed E-state index contributed by atoms with van der Waals surface area (Å²) in [7, 11) is -2.94. The molecule has 130 valence electrons. The second kappa shape index (κ2) is 6.08. The Hall–Kier alpha value is -2.09. The van der Waals surface area contributed by atoms with E-state index in [1.807, 2.05) is 0 Å². The van der Waals surface area contributed by atoms with E-state index in [0.717, 1.165) is 6.42 Å². The molecule has 0 radical (unpaired) electrons. The van der Waals surface area contributed by atoms with Crippen LogP contribution in [0.3, 0.4) is 0 Å². The van der Waals surface area contributed by atoms with E-state index in [1.54, 1.807) is 24.3 Å². The number of benzene rings is 1. The molecule has 1 amide bonds. The van der Waals surface area contributed by atoms with Crippen molar-refractivity contribution in [2.75, 3.05) is 23.4 Å². The van der Waals surface area contributed by atoms with Gasteiger partial charge in [-0.25, -0.2) is 13.2 Å². The number of ether oxygens (including phenoxy) is 1. The lowest BCUT2D eigenvalue weighted by Gasteiger charge is -2.22. The Labute approximate surface area is 139 Å². The highest BCUT2D eigenvalue weighted by molar-refractivity contribution is 7.91. The molecule has 2 fully saturated rings. The van der Waals surface area contributed by atoms with Crippen LogP contribution in [0.15, 0.2) is 24.3 Å². The van der Waals surface area contributed by atoms with Gasteiger partial charge in [0.25, 0.3) is 0 Å². The second-order valence-electron chi connectivity index (χ2n) is 6.47. The largest absolute Gasteiger partial charge is 0.482 e. The zero-order valence-corrected chi connectivity index (χ0v) is 13.8. The van der Waals surface area contributed by atoms with Crippen molar-refractivity contribution in [2.45, 2.75) is 19.3 Å². The van der Waals surface area contributed by atoms with E-state index < -0.39 is 22.4 Å². The quantitative estimate of drug-likeness (QED) is 0.826. The standard InChI is InChI=1S/C16H19NO6S/c18-14(19)10-23-12-3-1-2-11(8-12)17-15(20)13-9-16(13)4-6-24(21,22)7-5-16/h1-3,8,13H,4-7,9-10H2,(H,17,20)(H,18,19). The van der Waals surface area contributed by atoms with E-state index in [0.29, 0.717) is 24.3 Å². The van der Waals surface area contributed by atoms with Gasteiger partial charge in [-0.2, -0.15) is 0 Å². The zero-order chi connectivity index (χ0) is 17.4. The van der Waals surface area contributed by atoms with E-state index in [9.17, 15) is 18.0 Å². The van der Waals surface area contributed by atoms with Crippen LogP contribution >= 0.6 is 0 Å². The lowest BCUT2D eigenvalue weighted by Crippen LogP contribution is -2.28. The second-order valence-corrected chi connectivity index (χ2v) is 8.77. The number of amides is 1. The molecule has 2 aliphatic rings. The summed E-state index contributed by atoms with van der Waals surface area (Å²) in [6.07, 6.45) is 1.83. The topological polar surface area (TPSA) is 110 Å². The summed E-state index contributed by atoms with van der Waals surface area (Å²) >= 11 is 0. The Bertz CT molecular complexity index is 759. The number of carbonyl (C=O) groups is 2. The zero-order valence-electron chi connectivity index (χ0n) is 13.0. The maximum absolute atomic E-state index is 12.4. The van der Waals surface area contributed by atoms with Gasteiger partial charge in [0, 0.05) is 17.7 Å². The molecule has 7 nitrogen and oxygen atoms in total. The molecule has 24 heavy (non-hydrogen) atoms. The number of aliphatic carboxylic acids is 1. The fraction of sp³-hybridized carbons (Fsp3) is 0.500. The van der Waals surface area contributed by atoms with Gasteiger partial charge in [-0.15, -0.1) is 0 Å². The van der Waals surface area contributed by atoms with Crippen molar-refractivity contribution in [1.82, 2.24) is 0 Å². The van der Waals surface area contributed by atoms with Crippen LogP contribution in [-0.2, 0) is 19.4 Å². The molecule has 1 aromatic carbocycles. The van der Waals surface area contributed by atoms with Crippen molar-refractivity contribution in [1.29, 1.82) is 0 Å².